The zero-order valence-electron chi connectivity index (χ0n) is 9.02. The van der Waals surface area contributed by atoms with E-state index in [9.17, 15) is 9.59 Å². The molecule has 1 N–H and O–H groups in total. The predicted octanol–water partition coefficient (Wildman–Crippen LogP) is 0.819. The maximum absolute atomic E-state index is 11.8. The summed E-state index contributed by atoms with van der Waals surface area (Å²) in [4.78, 5) is 24.1. The smallest absolute Gasteiger partial charge is 0.305 e. The molecule has 1 aliphatic heterocycles. The van der Waals surface area contributed by atoms with E-state index in [1.54, 1.807) is 16.7 Å². The number of hydrogen-bond acceptors (Lipinski definition) is 3. The second-order valence-corrected chi connectivity index (χ2v) is 4.77. The number of terminal acetylenes is 1. The summed E-state index contributed by atoms with van der Waals surface area (Å²) in [5, 5.41) is 8.76. The molecule has 0 spiro atoms. The van der Waals surface area contributed by atoms with E-state index in [1.165, 1.54) is 0 Å². The molecule has 1 amide bonds. The molecule has 1 aliphatic rings. The standard InChI is InChI=1S/C11H15NO3S/c1-2-3-4-10(13)12-5-6-16-8-9(12)7-11(14)15/h1,9H,3-8H2,(H,14,15). The summed E-state index contributed by atoms with van der Waals surface area (Å²) in [6.07, 6.45) is 5.86. The van der Waals surface area contributed by atoms with Gasteiger partial charge in [0, 0.05) is 30.9 Å². The molecule has 0 aromatic carbocycles. The number of carbonyl (C=O) groups excluding carboxylic acids is 1. The van der Waals surface area contributed by atoms with Crippen LogP contribution in [-0.2, 0) is 9.59 Å². The zero-order valence-corrected chi connectivity index (χ0v) is 9.83. The van der Waals surface area contributed by atoms with Gasteiger partial charge in [-0.05, 0) is 0 Å². The molecule has 4 nitrogen and oxygen atoms in total. The second kappa shape index (κ2) is 6.44. The molecule has 0 bridgehead atoms. The molecule has 1 saturated heterocycles. The van der Waals surface area contributed by atoms with Crippen LogP contribution >= 0.6 is 11.8 Å². The van der Waals surface area contributed by atoms with Gasteiger partial charge in [0.2, 0.25) is 5.91 Å². The van der Waals surface area contributed by atoms with E-state index in [0.717, 1.165) is 5.75 Å². The van der Waals surface area contributed by atoms with Crippen LogP contribution in [0.3, 0.4) is 0 Å². The number of aliphatic carboxylic acids is 1. The zero-order chi connectivity index (χ0) is 12.0. The van der Waals surface area contributed by atoms with E-state index in [-0.39, 0.29) is 18.4 Å². The van der Waals surface area contributed by atoms with Crippen molar-refractivity contribution in [2.45, 2.75) is 25.3 Å². The number of amides is 1. The van der Waals surface area contributed by atoms with Crippen LogP contribution in [0.25, 0.3) is 0 Å². The molecule has 1 atom stereocenters. The average Bonchev–Trinajstić information content (AvgIpc) is 2.26. The molecule has 16 heavy (non-hydrogen) atoms. The van der Waals surface area contributed by atoms with Gasteiger partial charge in [-0.1, -0.05) is 0 Å². The minimum Gasteiger partial charge on any atom is -0.481 e. The van der Waals surface area contributed by atoms with Crippen molar-refractivity contribution < 1.29 is 14.7 Å². The molecule has 1 rings (SSSR count). The number of carboxylic acids is 1. The molecule has 0 saturated carbocycles. The van der Waals surface area contributed by atoms with Crippen LogP contribution in [0.2, 0.25) is 0 Å². The van der Waals surface area contributed by atoms with Crippen LogP contribution in [-0.4, -0.2) is 46.0 Å². The summed E-state index contributed by atoms with van der Waals surface area (Å²) < 4.78 is 0. The molecule has 1 fully saturated rings. The van der Waals surface area contributed by atoms with Gasteiger partial charge in [-0.2, -0.15) is 11.8 Å². The van der Waals surface area contributed by atoms with Crippen molar-refractivity contribution in [2.24, 2.45) is 0 Å². The molecule has 5 heteroatoms. The molecule has 0 aromatic rings. The van der Waals surface area contributed by atoms with Gasteiger partial charge in [0.1, 0.15) is 0 Å². The van der Waals surface area contributed by atoms with Gasteiger partial charge in [-0.25, -0.2) is 0 Å². The van der Waals surface area contributed by atoms with Crippen molar-refractivity contribution in [1.29, 1.82) is 0 Å². The van der Waals surface area contributed by atoms with Crippen LogP contribution in [0, 0.1) is 12.3 Å². The number of carboxylic acid groups (broad SMARTS) is 1. The summed E-state index contributed by atoms with van der Waals surface area (Å²) in [6.45, 7) is 0.631. The Labute approximate surface area is 99.4 Å². The third-order valence-electron chi connectivity index (χ3n) is 2.44. The van der Waals surface area contributed by atoms with Gasteiger partial charge in [0.05, 0.1) is 12.5 Å². The van der Waals surface area contributed by atoms with Crippen LogP contribution in [0.15, 0.2) is 0 Å². The van der Waals surface area contributed by atoms with Crippen LogP contribution in [0.1, 0.15) is 19.3 Å². The Kier molecular flexibility index (Phi) is 5.20. The van der Waals surface area contributed by atoms with Gasteiger partial charge in [0.25, 0.3) is 0 Å². The molecular weight excluding hydrogens is 226 g/mol. The van der Waals surface area contributed by atoms with Gasteiger partial charge in [0.15, 0.2) is 0 Å². The van der Waals surface area contributed by atoms with E-state index < -0.39 is 5.97 Å². The van der Waals surface area contributed by atoms with Crippen molar-refractivity contribution in [3.63, 3.8) is 0 Å². The van der Waals surface area contributed by atoms with Gasteiger partial charge in [-0.15, -0.1) is 12.3 Å². The summed E-state index contributed by atoms with van der Waals surface area (Å²) >= 11 is 1.69. The van der Waals surface area contributed by atoms with Gasteiger partial charge >= 0.3 is 5.97 Å². The summed E-state index contributed by atoms with van der Waals surface area (Å²) in [5.41, 5.74) is 0. The first-order valence-corrected chi connectivity index (χ1v) is 6.33. The molecule has 0 aliphatic carbocycles. The first-order valence-electron chi connectivity index (χ1n) is 5.17. The fraction of sp³-hybridized carbons (Fsp3) is 0.636. The maximum Gasteiger partial charge on any atom is 0.305 e. The highest BCUT2D eigenvalue weighted by atomic mass is 32.2. The van der Waals surface area contributed by atoms with Crippen LogP contribution in [0.5, 0.6) is 0 Å². The van der Waals surface area contributed by atoms with E-state index in [1.807, 2.05) is 0 Å². The van der Waals surface area contributed by atoms with E-state index >= 15 is 0 Å². The number of hydrogen-bond donors (Lipinski definition) is 1. The van der Waals surface area contributed by atoms with Crippen molar-refractivity contribution >= 4 is 23.6 Å². The second-order valence-electron chi connectivity index (χ2n) is 3.62. The highest BCUT2D eigenvalue weighted by Crippen LogP contribution is 2.20. The number of carbonyl (C=O) groups is 2. The molecule has 0 aromatic heterocycles. The van der Waals surface area contributed by atoms with Crippen molar-refractivity contribution in [3.8, 4) is 12.3 Å². The first kappa shape index (κ1) is 12.9. The van der Waals surface area contributed by atoms with Crippen molar-refractivity contribution in [3.05, 3.63) is 0 Å². The lowest BCUT2D eigenvalue weighted by Crippen LogP contribution is -2.47. The van der Waals surface area contributed by atoms with Crippen molar-refractivity contribution in [1.82, 2.24) is 4.90 Å². The Morgan fingerprint density at radius 3 is 2.94 bits per heavy atom. The Hall–Kier alpha value is -1.15. The number of nitrogens with zero attached hydrogens (tertiary/aromatic N) is 1. The first-order chi connectivity index (χ1) is 7.65. The fourth-order valence-electron chi connectivity index (χ4n) is 1.68. The quantitative estimate of drug-likeness (QED) is 0.740. The number of rotatable bonds is 4. The van der Waals surface area contributed by atoms with Gasteiger partial charge < -0.3 is 10.0 Å². The lowest BCUT2D eigenvalue weighted by atomic mass is 10.1. The Morgan fingerprint density at radius 2 is 2.31 bits per heavy atom. The molecule has 0 radical (unpaired) electrons. The van der Waals surface area contributed by atoms with E-state index in [2.05, 4.69) is 5.92 Å². The third kappa shape index (κ3) is 3.78. The van der Waals surface area contributed by atoms with Crippen molar-refractivity contribution in [2.75, 3.05) is 18.1 Å². The minimum atomic E-state index is -0.859. The van der Waals surface area contributed by atoms with Crippen LogP contribution in [0.4, 0.5) is 0 Å². The molecule has 1 unspecified atom stereocenters. The molecule has 1 heterocycles. The highest BCUT2D eigenvalue weighted by Gasteiger charge is 2.28. The average molecular weight is 241 g/mol. The molecular formula is C11H15NO3S. The predicted molar refractivity (Wildman–Crippen MR) is 63.1 cm³/mol. The molecule has 88 valence electrons. The largest absolute Gasteiger partial charge is 0.481 e. The van der Waals surface area contributed by atoms with E-state index in [4.69, 9.17) is 11.5 Å². The summed E-state index contributed by atoms with van der Waals surface area (Å²) in [5.74, 6) is 3.12. The fourth-order valence-corrected chi connectivity index (χ4v) is 2.74. The minimum absolute atomic E-state index is 0.0226. The third-order valence-corrected chi connectivity index (χ3v) is 3.53. The maximum atomic E-state index is 11.8. The monoisotopic (exact) mass is 241 g/mol. The Morgan fingerprint density at radius 1 is 1.56 bits per heavy atom. The topological polar surface area (TPSA) is 57.6 Å². The van der Waals surface area contributed by atoms with E-state index in [0.29, 0.717) is 25.1 Å². The van der Waals surface area contributed by atoms with Crippen LogP contribution < -0.4 is 0 Å². The Balaban J connectivity index is 2.55. The lowest BCUT2D eigenvalue weighted by Gasteiger charge is -2.34. The SMILES string of the molecule is C#CCCC(=O)N1CCSCC1CC(=O)O. The number of thioether (sulfide) groups is 1. The highest BCUT2D eigenvalue weighted by molar-refractivity contribution is 7.99. The Bertz CT molecular complexity index is 311. The van der Waals surface area contributed by atoms with Gasteiger partial charge in [-0.3, -0.25) is 9.59 Å². The normalized spacial score (nSPS) is 20.2. The summed E-state index contributed by atoms with van der Waals surface area (Å²) in [7, 11) is 0. The lowest BCUT2D eigenvalue weighted by molar-refractivity contribution is -0.140. The summed E-state index contributed by atoms with van der Waals surface area (Å²) in [6, 6.07) is -0.179.